The summed E-state index contributed by atoms with van der Waals surface area (Å²) in [4.78, 5) is 34.2. The van der Waals surface area contributed by atoms with E-state index in [1.54, 1.807) is 28.0 Å². The number of nitrogens with zero attached hydrogens (tertiary/aromatic N) is 3. The number of benzene rings is 2. The van der Waals surface area contributed by atoms with E-state index in [1.807, 2.05) is 12.1 Å². The zero-order valence-corrected chi connectivity index (χ0v) is 18.7. The first kappa shape index (κ1) is 21.3. The smallest absolute Gasteiger partial charge is 0.234 e. The lowest BCUT2D eigenvalue weighted by Gasteiger charge is -2.25. The van der Waals surface area contributed by atoms with Gasteiger partial charge in [0.15, 0.2) is 5.13 Å². The van der Waals surface area contributed by atoms with Gasteiger partial charge in [0.2, 0.25) is 11.8 Å². The van der Waals surface area contributed by atoms with Crippen LogP contribution in [0, 0.1) is 11.7 Å². The van der Waals surface area contributed by atoms with E-state index in [1.165, 1.54) is 23.5 Å². The standard InChI is InChI=1S/C23H21ClFN3O3S/c24-15-3-8-19-20(11-15)32-23(26-19)28(13-18-2-1-9-31-18)22(30)14-10-21(29)27(12-14)17-6-4-16(25)5-7-17/h3-8,11,14,18H,1-2,9-10,12-13H2. The first-order valence-electron chi connectivity index (χ1n) is 10.5. The molecule has 6 nitrogen and oxygen atoms in total. The average molecular weight is 474 g/mol. The van der Waals surface area contributed by atoms with Gasteiger partial charge < -0.3 is 9.64 Å². The van der Waals surface area contributed by atoms with E-state index in [2.05, 4.69) is 4.98 Å². The number of carbonyl (C=O) groups excluding carboxylic acids is 2. The van der Waals surface area contributed by atoms with E-state index in [4.69, 9.17) is 16.3 Å². The molecule has 2 amide bonds. The fourth-order valence-electron chi connectivity index (χ4n) is 4.22. The van der Waals surface area contributed by atoms with Crippen LogP contribution >= 0.6 is 22.9 Å². The lowest BCUT2D eigenvalue weighted by Crippen LogP contribution is -2.42. The highest BCUT2D eigenvalue weighted by atomic mass is 35.5. The molecular formula is C23H21ClFN3O3S. The molecule has 9 heteroatoms. The van der Waals surface area contributed by atoms with Crippen LogP contribution in [0.3, 0.4) is 0 Å². The minimum atomic E-state index is -0.510. The van der Waals surface area contributed by atoms with E-state index in [0.29, 0.717) is 29.0 Å². The number of hydrogen-bond donors (Lipinski definition) is 0. The molecule has 0 radical (unpaired) electrons. The van der Waals surface area contributed by atoms with Crippen LogP contribution in [0.15, 0.2) is 42.5 Å². The van der Waals surface area contributed by atoms with Gasteiger partial charge in [0.25, 0.3) is 0 Å². The summed E-state index contributed by atoms with van der Waals surface area (Å²) >= 11 is 7.53. The molecule has 3 heterocycles. The molecule has 2 fully saturated rings. The Kier molecular flexibility index (Phi) is 5.84. The van der Waals surface area contributed by atoms with Crippen LogP contribution in [0.4, 0.5) is 15.2 Å². The first-order chi connectivity index (χ1) is 15.5. The van der Waals surface area contributed by atoms with Crippen molar-refractivity contribution in [2.45, 2.75) is 25.4 Å². The fraction of sp³-hybridized carbons (Fsp3) is 0.348. The Morgan fingerprint density at radius 2 is 2.09 bits per heavy atom. The summed E-state index contributed by atoms with van der Waals surface area (Å²) in [5.74, 6) is -1.18. The highest BCUT2D eigenvalue weighted by Gasteiger charge is 2.39. The first-order valence-corrected chi connectivity index (χ1v) is 11.7. The summed E-state index contributed by atoms with van der Waals surface area (Å²) in [6.45, 7) is 1.33. The van der Waals surface area contributed by atoms with E-state index in [0.717, 1.165) is 23.1 Å². The number of hydrogen-bond acceptors (Lipinski definition) is 5. The van der Waals surface area contributed by atoms with Gasteiger partial charge in [-0.15, -0.1) is 0 Å². The minimum absolute atomic E-state index is 0.0557. The Morgan fingerprint density at radius 1 is 1.28 bits per heavy atom. The Hall–Kier alpha value is -2.55. The molecule has 5 rings (SSSR count). The van der Waals surface area contributed by atoms with Crippen LogP contribution in [0.25, 0.3) is 10.2 Å². The monoisotopic (exact) mass is 473 g/mol. The van der Waals surface area contributed by atoms with Crippen LogP contribution in [-0.2, 0) is 14.3 Å². The molecule has 0 bridgehead atoms. The van der Waals surface area contributed by atoms with Gasteiger partial charge in [0, 0.05) is 30.3 Å². The van der Waals surface area contributed by atoms with E-state index in [9.17, 15) is 14.0 Å². The number of thiazole rings is 1. The van der Waals surface area contributed by atoms with Crippen molar-refractivity contribution in [2.75, 3.05) is 29.5 Å². The minimum Gasteiger partial charge on any atom is -0.376 e. The largest absolute Gasteiger partial charge is 0.376 e. The third-order valence-corrected chi connectivity index (χ3v) is 7.14. The third-order valence-electron chi connectivity index (χ3n) is 5.86. The summed E-state index contributed by atoms with van der Waals surface area (Å²) in [5, 5.41) is 1.19. The zero-order valence-electron chi connectivity index (χ0n) is 17.2. The SMILES string of the molecule is O=C1CC(C(=O)N(CC2CCCO2)c2nc3ccc(Cl)cc3s2)CN1c1ccc(F)cc1. The van der Waals surface area contributed by atoms with Crippen LogP contribution in [0.1, 0.15) is 19.3 Å². The maximum Gasteiger partial charge on any atom is 0.234 e. The predicted octanol–water partition coefficient (Wildman–Crippen LogP) is 4.65. The van der Waals surface area contributed by atoms with E-state index in [-0.39, 0.29) is 36.7 Å². The van der Waals surface area contributed by atoms with Gasteiger partial charge in [-0.25, -0.2) is 9.37 Å². The second-order valence-electron chi connectivity index (χ2n) is 8.07. The average Bonchev–Trinajstić information content (AvgIpc) is 3.51. The molecule has 2 aromatic carbocycles. The van der Waals surface area contributed by atoms with Crippen molar-refractivity contribution >= 4 is 55.8 Å². The number of fused-ring (bicyclic) bond motifs is 1. The second kappa shape index (κ2) is 8.77. The number of ether oxygens (including phenoxy) is 1. The van der Waals surface area contributed by atoms with Gasteiger partial charge in [-0.1, -0.05) is 22.9 Å². The van der Waals surface area contributed by atoms with Crippen molar-refractivity contribution in [3.05, 3.63) is 53.3 Å². The Labute approximate surface area is 193 Å². The quantitative estimate of drug-likeness (QED) is 0.541. The van der Waals surface area contributed by atoms with Gasteiger partial charge in [-0.3, -0.25) is 14.5 Å². The number of aromatic nitrogens is 1. The topological polar surface area (TPSA) is 62.7 Å². The maximum absolute atomic E-state index is 13.6. The molecule has 0 aliphatic carbocycles. The molecule has 2 aliphatic heterocycles. The second-order valence-corrected chi connectivity index (χ2v) is 9.52. The Morgan fingerprint density at radius 3 is 2.84 bits per heavy atom. The molecule has 0 saturated carbocycles. The van der Waals surface area contributed by atoms with Crippen molar-refractivity contribution in [3.8, 4) is 0 Å². The van der Waals surface area contributed by atoms with Crippen molar-refractivity contribution in [2.24, 2.45) is 5.92 Å². The van der Waals surface area contributed by atoms with E-state index < -0.39 is 5.92 Å². The highest BCUT2D eigenvalue weighted by molar-refractivity contribution is 7.22. The van der Waals surface area contributed by atoms with Crippen molar-refractivity contribution in [3.63, 3.8) is 0 Å². The summed E-state index contributed by atoms with van der Waals surface area (Å²) in [5.41, 5.74) is 1.36. The third kappa shape index (κ3) is 4.22. The molecule has 166 valence electrons. The molecule has 2 saturated heterocycles. The highest BCUT2D eigenvalue weighted by Crippen LogP contribution is 2.34. The summed E-state index contributed by atoms with van der Waals surface area (Å²) < 4.78 is 20.0. The normalized spacial score (nSPS) is 20.9. The lowest BCUT2D eigenvalue weighted by molar-refractivity contribution is -0.124. The number of rotatable bonds is 5. The van der Waals surface area contributed by atoms with Gasteiger partial charge in [-0.2, -0.15) is 0 Å². The number of amides is 2. The Bertz CT molecular complexity index is 1160. The van der Waals surface area contributed by atoms with Gasteiger partial charge in [0.1, 0.15) is 5.82 Å². The molecular weight excluding hydrogens is 453 g/mol. The molecule has 2 aliphatic rings. The number of anilines is 2. The van der Waals surface area contributed by atoms with Crippen molar-refractivity contribution < 1.29 is 18.7 Å². The van der Waals surface area contributed by atoms with E-state index >= 15 is 0 Å². The predicted molar refractivity (Wildman–Crippen MR) is 123 cm³/mol. The maximum atomic E-state index is 13.6. The summed E-state index contributed by atoms with van der Waals surface area (Å²) in [7, 11) is 0. The number of halogens is 2. The molecule has 3 aromatic rings. The molecule has 32 heavy (non-hydrogen) atoms. The van der Waals surface area contributed by atoms with Crippen LogP contribution < -0.4 is 9.80 Å². The van der Waals surface area contributed by atoms with Gasteiger partial charge in [0.05, 0.1) is 28.8 Å². The molecule has 2 unspecified atom stereocenters. The molecule has 2 atom stereocenters. The molecule has 0 N–H and O–H groups in total. The van der Waals surface area contributed by atoms with Crippen molar-refractivity contribution in [1.82, 2.24) is 4.98 Å². The fourth-order valence-corrected chi connectivity index (χ4v) is 5.48. The number of carbonyl (C=O) groups is 2. The van der Waals surface area contributed by atoms with Crippen LogP contribution in [0.2, 0.25) is 5.02 Å². The Balaban J connectivity index is 1.42. The summed E-state index contributed by atoms with van der Waals surface area (Å²) in [6.07, 6.45) is 1.89. The molecule has 1 aromatic heterocycles. The van der Waals surface area contributed by atoms with Crippen molar-refractivity contribution in [1.29, 1.82) is 0 Å². The zero-order chi connectivity index (χ0) is 22.2. The van der Waals surface area contributed by atoms with Crippen LogP contribution in [-0.4, -0.2) is 42.6 Å². The van der Waals surface area contributed by atoms with Gasteiger partial charge >= 0.3 is 0 Å². The summed E-state index contributed by atoms with van der Waals surface area (Å²) in [6, 6.07) is 11.2. The molecule has 0 spiro atoms. The lowest BCUT2D eigenvalue weighted by atomic mass is 10.1. The van der Waals surface area contributed by atoms with Gasteiger partial charge in [-0.05, 0) is 55.3 Å². The van der Waals surface area contributed by atoms with Crippen LogP contribution in [0.5, 0.6) is 0 Å².